The van der Waals surface area contributed by atoms with Crippen molar-refractivity contribution in [2.24, 2.45) is 0 Å². The molecule has 4 heteroatoms. The Hall–Kier alpha value is -1.87. The Labute approximate surface area is 110 Å². The van der Waals surface area contributed by atoms with Crippen LogP contribution in [0.5, 0.6) is 0 Å². The molecule has 2 rings (SSSR count). The second kappa shape index (κ2) is 4.78. The van der Waals surface area contributed by atoms with E-state index < -0.39 is 5.97 Å². The van der Waals surface area contributed by atoms with Crippen LogP contribution in [0.1, 0.15) is 21.5 Å². The van der Waals surface area contributed by atoms with Gasteiger partial charge in [-0.2, -0.15) is 0 Å². The number of rotatable bonds is 2. The third kappa shape index (κ3) is 2.22. The van der Waals surface area contributed by atoms with Crippen molar-refractivity contribution >= 4 is 17.6 Å². The molecule has 1 aromatic carbocycles. The van der Waals surface area contributed by atoms with E-state index in [1.807, 2.05) is 26.0 Å². The number of benzene rings is 1. The van der Waals surface area contributed by atoms with Crippen LogP contribution in [0.2, 0.25) is 5.02 Å². The number of hydrogen-bond acceptors (Lipinski definition) is 2. The van der Waals surface area contributed by atoms with Gasteiger partial charge in [-0.15, -0.1) is 0 Å². The molecule has 1 aromatic heterocycles. The molecule has 0 spiro atoms. The monoisotopic (exact) mass is 261 g/mol. The first-order chi connectivity index (χ1) is 8.50. The molecular weight excluding hydrogens is 250 g/mol. The lowest BCUT2D eigenvalue weighted by molar-refractivity contribution is 0.0697. The van der Waals surface area contributed by atoms with Crippen molar-refractivity contribution in [2.45, 2.75) is 13.8 Å². The lowest BCUT2D eigenvalue weighted by Crippen LogP contribution is -2.00. The number of pyridine rings is 1. The highest BCUT2D eigenvalue weighted by Gasteiger charge is 2.14. The SMILES string of the molecule is Cc1cc(Cl)c(-c2cnccc2C(=O)O)cc1C. The zero-order valence-electron chi connectivity index (χ0n) is 10.1. The molecule has 18 heavy (non-hydrogen) atoms. The molecule has 3 nitrogen and oxygen atoms in total. The molecule has 0 saturated carbocycles. The first-order valence-electron chi connectivity index (χ1n) is 5.45. The molecule has 0 unspecified atom stereocenters. The van der Waals surface area contributed by atoms with Crippen LogP contribution in [0.3, 0.4) is 0 Å². The van der Waals surface area contributed by atoms with Gasteiger partial charge in [-0.1, -0.05) is 11.6 Å². The van der Waals surface area contributed by atoms with Crippen molar-refractivity contribution in [3.05, 3.63) is 52.3 Å². The molecular formula is C14H12ClNO2. The number of carboxylic acid groups (broad SMARTS) is 1. The van der Waals surface area contributed by atoms with E-state index in [0.29, 0.717) is 16.1 Å². The van der Waals surface area contributed by atoms with E-state index in [-0.39, 0.29) is 5.56 Å². The number of aromatic nitrogens is 1. The van der Waals surface area contributed by atoms with E-state index in [9.17, 15) is 9.90 Å². The van der Waals surface area contributed by atoms with Gasteiger partial charge in [0.1, 0.15) is 0 Å². The fourth-order valence-electron chi connectivity index (χ4n) is 1.78. The number of hydrogen-bond donors (Lipinski definition) is 1. The Morgan fingerprint density at radius 2 is 1.89 bits per heavy atom. The summed E-state index contributed by atoms with van der Waals surface area (Å²) in [6, 6.07) is 5.20. The average Bonchev–Trinajstić information content (AvgIpc) is 2.34. The van der Waals surface area contributed by atoms with Crippen molar-refractivity contribution in [2.75, 3.05) is 0 Å². The fourth-order valence-corrected chi connectivity index (χ4v) is 2.10. The summed E-state index contributed by atoms with van der Waals surface area (Å²) in [6.45, 7) is 3.93. The van der Waals surface area contributed by atoms with Crippen molar-refractivity contribution in [1.82, 2.24) is 4.98 Å². The van der Waals surface area contributed by atoms with E-state index >= 15 is 0 Å². The van der Waals surface area contributed by atoms with Gasteiger partial charge in [-0.05, 0) is 43.2 Å². The first-order valence-corrected chi connectivity index (χ1v) is 5.83. The molecule has 0 aliphatic heterocycles. The average molecular weight is 262 g/mol. The largest absolute Gasteiger partial charge is 0.478 e. The van der Waals surface area contributed by atoms with E-state index in [4.69, 9.17) is 11.6 Å². The summed E-state index contributed by atoms with van der Waals surface area (Å²) in [5.74, 6) is -0.985. The second-order valence-electron chi connectivity index (χ2n) is 4.14. The van der Waals surface area contributed by atoms with E-state index in [1.165, 1.54) is 18.5 Å². The topological polar surface area (TPSA) is 50.2 Å². The summed E-state index contributed by atoms with van der Waals surface area (Å²) >= 11 is 6.19. The van der Waals surface area contributed by atoms with E-state index in [2.05, 4.69) is 4.98 Å². The van der Waals surface area contributed by atoms with Gasteiger partial charge in [-0.3, -0.25) is 4.98 Å². The molecule has 0 bridgehead atoms. The number of nitrogens with zero attached hydrogens (tertiary/aromatic N) is 1. The zero-order chi connectivity index (χ0) is 13.3. The Bertz CT molecular complexity index is 623. The number of aromatic carboxylic acids is 1. The minimum absolute atomic E-state index is 0.204. The Balaban J connectivity index is 2.69. The number of aryl methyl sites for hydroxylation is 2. The van der Waals surface area contributed by atoms with Gasteiger partial charge < -0.3 is 5.11 Å². The third-order valence-corrected chi connectivity index (χ3v) is 3.24. The van der Waals surface area contributed by atoms with E-state index in [0.717, 1.165) is 11.1 Å². The maximum atomic E-state index is 11.2. The molecule has 0 radical (unpaired) electrons. The van der Waals surface area contributed by atoms with Crippen LogP contribution in [0.4, 0.5) is 0 Å². The van der Waals surface area contributed by atoms with Gasteiger partial charge >= 0.3 is 5.97 Å². The van der Waals surface area contributed by atoms with Crippen molar-refractivity contribution < 1.29 is 9.90 Å². The third-order valence-electron chi connectivity index (χ3n) is 2.93. The number of carboxylic acids is 1. The molecule has 2 aromatic rings. The second-order valence-corrected chi connectivity index (χ2v) is 4.55. The summed E-state index contributed by atoms with van der Waals surface area (Å²) < 4.78 is 0. The van der Waals surface area contributed by atoms with Crippen LogP contribution in [-0.4, -0.2) is 16.1 Å². The molecule has 0 aliphatic carbocycles. The summed E-state index contributed by atoms with van der Waals surface area (Å²) in [7, 11) is 0. The molecule has 1 heterocycles. The molecule has 92 valence electrons. The molecule has 1 N–H and O–H groups in total. The lowest BCUT2D eigenvalue weighted by Gasteiger charge is -2.10. The summed E-state index contributed by atoms with van der Waals surface area (Å²) in [5, 5.41) is 9.71. The Morgan fingerprint density at radius 3 is 2.56 bits per heavy atom. The van der Waals surface area contributed by atoms with Crippen molar-refractivity contribution in [3.8, 4) is 11.1 Å². The maximum Gasteiger partial charge on any atom is 0.336 e. The van der Waals surface area contributed by atoms with Crippen molar-refractivity contribution in [1.29, 1.82) is 0 Å². The quantitative estimate of drug-likeness (QED) is 0.896. The Morgan fingerprint density at radius 1 is 1.22 bits per heavy atom. The minimum Gasteiger partial charge on any atom is -0.478 e. The predicted molar refractivity (Wildman–Crippen MR) is 71.1 cm³/mol. The van der Waals surface area contributed by atoms with Crippen LogP contribution in [-0.2, 0) is 0 Å². The highest BCUT2D eigenvalue weighted by atomic mass is 35.5. The normalized spacial score (nSPS) is 10.4. The van der Waals surface area contributed by atoms with Gasteiger partial charge in [0.25, 0.3) is 0 Å². The summed E-state index contributed by atoms with van der Waals surface area (Å²) in [5.41, 5.74) is 3.58. The zero-order valence-corrected chi connectivity index (χ0v) is 10.8. The number of halogens is 1. The summed E-state index contributed by atoms with van der Waals surface area (Å²) in [4.78, 5) is 15.2. The van der Waals surface area contributed by atoms with Crippen LogP contribution in [0.25, 0.3) is 11.1 Å². The van der Waals surface area contributed by atoms with Gasteiger partial charge in [0, 0.05) is 28.5 Å². The highest BCUT2D eigenvalue weighted by molar-refractivity contribution is 6.33. The van der Waals surface area contributed by atoms with Crippen LogP contribution >= 0.6 is 11.6 Å². The van der Waals surface area contributed by atoms with Crippen LogP contribution < -0.4 is 0 Å². The van der Waals surface area contributed by atoms with Gasteiger partial charge in [0.15, 0.2) is 0 Å². The molecule has 0 aliphatic rings. The number of carbonyl (C=O) groups is 1. The predicted octanol–water partition coefficient (Wildman–Crippen LogP) is 3.72. The molecule has 0 amide bonds. The van der Waals surface area contributed by atoms with Gasteiger partial charge in [-0.25, -0.2) is 4.79 Å². The van der Waals surface area contributed by atoms with Crippen molar-refractivity contribution in [3.63, 3.8) is 0 Å². The van der Waals surface area contributed by atoms with Crippen LogP contribution in [0, 0.1) is 13.8 Å². The van der Waals surface area contributed by atoms with Gasteiger partial charge in [0.05, 0.1) is 5.56 Å². The maximum absolute atomic E-state index is 11.2. The fraction of sp³-hybridized carbons (Fsp3) is 0.143. The highest BCUT2D eigenvalue weighted by Crippen LogP contribution is 2.32. The summed E-state index contributed by atoms with van der Waals surface area (Å²) in [6.07, 6.45) is 2.99. The smallest absolute Gasteiger partial charge is 0.336 e. The lowest BCUT2D eigenvalue weighted by atomic mass is 9.98. The molecule has 0 atom stereocenters. The van der Waals surface area contributed by atoms with E-state index in [1.54, 1.807) is 0 Å². The van der Waals surface area contributed by atoms with Crippen LogP contribution in [0.15, 0.2) is 30.6 Å². The molecule has 0 saturated heterocycles. The first kappa shape index (κ1) is 12.6. The standard InChI is InChI=1S/C14H12ClNO2/c1-8-5-11(13(15)6-9(8)2)12-7-16-4-3-10(12)14(17)18/h3-7H,1-2H3,(H,17,18). The Kier molecular flexibility index (Phi) is 3.34. The molecule has 0 fully saturated rings. The van der Waals surface area contributed by atoms with Gasteiger partial charge in [0.2, 0.25) is 0 Å². The minimum atomic E-state index is -0.985.